The van der Waals surface area contributed by atoms with Crippen molar-refractivity contribution in [2.24, 2.45) is 11.3 Å². The maximum absolute atomic E-state index is 12.0. The Balaban J connectivity index is 1.62. The molecule has 0 unspecified atom stereocenters. The fourth-order valence-electron chi connectivity index (χ4n) is 2.63. The molecule has 4 nitrogen and oxygen atoms in total. The molecule has 0 bridgehead atoms. The van der Waals surface area contributed by atoms with Crippen molar-refractivity contribution in [2.45, 2.75) is 25.7 Å². The van der Waals surface area contributed by atoms with E-state index in [-0.39, 0.29) is 11.7 Å². The van der Waals surface area contributed by atoms with Crippen LogP contribution in [0.2, 0.25) is 0 Å². The van der Waals surface area contributed by atoms with Crippen LogP contribution >= 0.6 is 0 Å². The van der Waals surface area contributed by atoms with Crippen LogP contribution in [0.3, 0.4) is 0 Å². The van der Waals surface area contributed by atoms with E-state index >= 15 is 0 Å². The van der Waals surface area contributed by atoms with E-state index in [1.807, 2.05) is 0 Å². The Hall–Kier alpha value is -1.71. The number of benzene rings is 1. The van der Waals surface area contributed by atoms with E-state index in [4.69, 9.17) is 5.73 Å². The number of nitrogens with one attached hydrogen (secondary N) is 1. The minimum Gasteiger partial charge on any atom is -0.506 e. The van der Waals surface area contributed by atoms with Crippen LogP contribution in [0.15, 0.2) is 18.2 Å². The number of anilines is 1. The van der Waals surface area contributed by atoms with Gasteiger partial charge in [0.25, 0.3) is 5.91 Å². The number of phenolic OH excluding ortho intramolecular Hbond substituents is 1. The van der Waals surface area contributed by atoms with Crippen molar-refractivity contribution in [3.05, 3.63) is 23.8 Å². The first-order valence-electron chi connectivity index (χ1n) is 6.47. The number of hydrogen-bond acceptors (Lipinski definition) is 3. The zero-order chi connectivity index (χ0) is 12.8. The molecule has 3 rings (SSSR count). The number of hydrogen-bond donors (Lipinski definition) is 3. The minimum absolute atomic E-state index is 0.0361. The van der Waals surface area contributed by atoms with Crippen LogP contribution in [0.4, 0.5) is 5.69 Å². The van der Waals surface area contributed by atoms with Crippen molar-refractivity contribution in [2.75, 3.05) is 12.3 Å². The van der Waals surface area contributed by atoms with Gasteiger partial charge in [-0.1, -0.05) is 0 Å². The minimum atomic E-state index is -0.128. The lowest BCUT2D eigenvalue weighted by Gasteiger charge is -2.15. The molecule has 0 atom stereocenters. The first kappa shape index (κ1) is 11.4. The number of carbonyl (C=O) groups excluding carboxylic acids is 1. The lowest BCUT2D eigenvalue weighted by atomic mass is 10.0. The van der Waals surface area contributed by atoms with Crippen LogP contribution in [0, 0.1) is 11.3 Å². The standard InChI is InChI=1S/C14H18N2O2/c15-11-4-1-9(7-12(11)17)13(18)16-8-14(5-6-14)10-2-3-10/h1,4,7,10,17H,2-3,5-6,8,15H2,(H,16,18). The molecule has 0 aliphatic heterocycles. The number of carbonyl (C=O) groups is 1. The van der Waals surface area contributed by atoms with Gasteiger partial charge in [-0.25, -0.2) is 0 Å². The van der Waals surface area contributed by atoms with E-state index in [0.29, 0.717) is 16.7 Å². The summed E-state index contributed by atoms with van der Waals surface area (Å²) >= 11 is 0. The van der Waals surface area contributed by atoms with Gasteiger partial charge >= 0.3 is 0 Å². The summed E-state index contributed by atoms with van der Waals surface area (Å²) in [6.45, 7) is 0.766. The lowest BCUT2D eigenvalue weighted by molar-refractivity contribution is 0.0942. The van der Waals surface area contributed by atoms with Gasteiger partial charge in [0, 0.05) is 12.1 Å². The summed E-state index contributed by atoms with van der Waals surface area (Å²) in [6.07, 6.45) is 5.12. The fraction of sp³-hybridized carbons (Fsp3) is 0.500. The molecule has 0 saturated heterocycles. The first-order valence-corrected chi connectivity index (χ1v) is 6.47. The van der Waals surface area contributed by atoms with E-state index in [0.717, 1.165) is 12.5 Å². The smallest absolute Gasteiger partial charge is 0.251 e. The molecule has 0 aromatic heterocycles. The Labute approximate surface area is 106 Å². The van der Waals surface area contributed by atoms with Crippen LogP contribution in [0.5, 0.6) is 5.75 Å². The van der Waals surface area contributed by atoms with Crippen LogP contribution in [-0.4, -0.2) is 17.6 Å². The van der Waals surface area contributed by atoms with Crippen LogP contribution in [-0.2, 0) is 0 Å². The second-order valence-electron chi connectivity index (χ2n) is 5.59. The first-order chi connectivity index (χ1) is 8.61. The monoisotopic (exact) mass is 246 g/mol. The van der Waals surface area contributed by atoms with Crippen molar-refractivity contribution < 1.29 is 9.90 Å². The second-order valence-corrected chi connectivity index (χ2v) is 5.59. The summed E-state index contributed by atoms with van der Waals surface area (Å²) in [6, 6.07) is 4.61. The predicted octanol–water partition coefficient (Wildman–Crippen LogP) is 1.89. The average molecular weight is 246 g/mol. The highest BCUT2D eigenvalue weighted by Crippen LogP contribution is 2.60. The van der Waals surface area contributed by atoms with Crippen molar-refractivity contribution in [1.29, 1.82) is 0 Å². The molecule has 0 heterocycles. The van der Waals surface area contributed by atoms with Gasteiger partial charge in [0.2, 0.25) is 0 Å². The van der Waals surface area contributed by atoms with Crippen molar-refractivity contribution >= 4 is 11.6 Å². The summed E-state index contributed by atoms with van der Waals surface area (Å²) in [5, 5.41) is 12.5. The highest BCUT2D eigenvalue weighted by molar-refractivity contribution is 5.95. The number of phenols is 1. The third-order valence-electron chi connectivity index (χ3n) is 4.23. The van der Waals surface area contributed by atoms with Crippen LogP contribution < -0.4 is 11.1 Å². The molecule has 1 amide bonds. The molecular weight excluding hydrogens is 228 g/mol. The molecule has 2 fully saturated rings. The predicted molar refractivity (Wildman–Crippen MR) is 69.2 cm³/mol. The lowest BCUT2D eigenvalue weighted by Crippen LogP contribution is -2.31. The van der Waals surface area contributed by atoms with Gasteiger partial charge in [-0.2, -0.15) is 0 Å². The molecule has 18 heavy (non-hydrogen) atoms. The fourth-order valence-corrected chi connectivity index (χ4v) is 2.63. The second kappa shape index (κ2) is 3.90. The highest BCUT2D eigenvalue weighted by Gasteiger charge is 2.53. The normalized spacial score (nSPS) is 20.4. The topological polar surface area (TPSA) is 75.4 Å². The van der Waals surface area contributed by atoms with Crippen molar-refractivity contribution in [1.82, 2.24) is 5.32 Å². The van der Waals surface area contributed by atoms with Crippen molar-refractivity contribution in [3.63, 3.8) is 0 Å². The number of nitrogen functional groups attached to an aromatic ring is 1. The quantitative estimate of drug-likeness (QED) is 0.561. The Bertz CT molecular complexity index is 491. The zero-order valence-electron chi connectivity index (χ0n) is 10.3. The summed E-state index contributed by atoms with van der Waals surface area (Å²) in [5.74, 6) is 0.667. The number of aromatic hydroxyl groups is 1. The third-order valence-corrected chi connectivity index (χ3v) is 4.23. The van der Waals surface area contributed by atoms with E-state index in [1.54, 1.807) is 12.1 Å². The summed E-state index contributed by atoms with van der Waals surface area (Å²) in [5.41, 5.74) is 6.66. The number of amides is 1. The summed E-state index contributed by atoms with van der Waals surface area (Å²) in [4.78, 5) is 12.0. The average Bonchev–Trinajstić information content (AvgIpc) is 3.22. The molecule has 0 spiro atoms. The van der Waals surface area contributed by atoms with E-state index in [9.17, 15) is 9.90 Å². The molecule has 2 aliphatic carbocycles. The van der Waals surface area contributed by atoms with Crippen LogP contribution in [0.1, 0.15) is 36.0 Å². The Kier molecular flexibility index (Phi) is 2.47. The molecule has 96 valence electrons. The SMILES string of the molecule is Nc1ccc(C(=O)NCC2(C3CC3)CC2)cc1O. The van der Waals surface area contributed by atoms with E-state index < -0.39 is 0 Å². The maximum atomic E-state index is 12.0. The Morgan fingerprint density at radius 1 is 1.44 bits per heavy atom. The summed E-state index contributed by atoms with van der Waals surface area (Å²) in [7, 11) is 0. The number of nitrogens with two attached hydrogens (primary N) is 1. The Morgan fingerprint density at radius 2 is 2.17 bits per heavy atom. The molecular formula is C14H18N2O2. The van der Waals surface area contributed by atoms with Crippen molar-refractivity contribution in [3.8, 4) is 5.75 Å². The van der Waals surface area contributed by atoms with Gasteiger partial charge in [-0.3, -0.25) is 4.79 Å². The molecule has 0 radical (unpaired) electrons. The molecule has 1 aromatic carbocycles. The molecule has 1 aromatic rings. The van der Waals surface area contributed by atoms with Gasteiger partial charge < -0.3 is 16.2 Å². The van der Waals surface area contributed by atoms with Gasteiger partial charge in [0.05, 0.1) is 5.69 Å². The molecule has 4 heteroatoms. The highest BCUT2D eigenvalue weighted by atomic mass is 16.3. The third kappa shape index (κ3) is 2.03. The van der Waals surface area contributed by atoms with Gasteiger partial charge in [-0.15, -0.1) is 0 Å². The molecule has 2 saturated carbocycles. The maximum Gasteiger partial charge on any atom is 0.251 e. The van der Waals surface area contributed by atoms with Gasteiger partial charge in [-0.05, 0) is 55.2 Å². The van der Waals surface area contributed by atoms with Gasteiger partial charge in [0.15, 0.2) is 0 Å². The molecule has 2 aliphatic rings. The zero-order valence-corrected chi connectivity index (χ0v) is 10.3. The largest absolute Gasteiger partial charge is 0.506 e. The Morgan fingerprint density at radius 3 is 2.72 bits per heavy atom. The van der Waals surface area contributed by atoms with Gasteiger partial charge in [0.1, 0.15) is 5.75 Å². The van der Waals surface area contributed by atoms with E-state index in [1.165, 1.54) is 31.7 Å². The summed E-state index contributed by atoms with van der Waals surface area (Å²) < 4.78 is 0. The van der Waals surface area contributed by atoms with Crippen LogP contribution in [0.25, 0.3) is 0 Å². The molecule has 4 N–H and O–H groups in total. The van der Waals surface area contributed by atoms with E-state index in [2.05, 4.69) is 5.32 Å². The number of rotatable bonds is 4.